The summed E-state index contributed by atoms with van der Waals surface area (Å²) in [5.74, 6) is 0.528. The second kappa shape index (κ2) is 10.5. The lowest BCUT2D eigenvalue weighted by molar-refractivity contribution is -0.946. The van der Waals surface area contributed by atoms with Crippen LogP contribution in [0.15, 0.2) is 47.8 Å². The minimum absolute atomic E-state index is 0.0159. The highest BCUT2D eigenvalue weighted by Gasteiger charge is 2.50. The van der Waals surface area contributed by atoms with Gasteiger partial charge in [-0.3, -0.25) is 4.90 Å². The summed E-state index contributed by atoms with van der Waals surface area (Å²) in [4.78, 5) is 17.4. The van der Waals surface area contributed by atoms with Crippen molar-refractivity contribution in [1.82, 2.24) is 4.90 Å². The number of ether oxygens (including phenoxy) is 1. The standard InChI is InChI=1S/C29H41N2O2S/c1-29(27-14-10-22-34-27,30-17-7-3-8-18-30)28(32)33-26-23-31(20-15-25(26)16-21-31)19-9-6-13-24-11-4-2-5-12-24/h2,4-5,10-12,14,22,25-26H,3,6-9,13,15-21,23H2,1H3/q+1/t25?,26-,29-,31?/m0/s1. The van der Waals surface area contributed by atoms with Crippen molar-refractivity contribution in [3.8, 4) is 0 Å². The van der Waals surface area contributed by atoms with Crippen LogP contribution < -0.4 is 0 Å². The summed E-state index contributed by atoms with van der Waals surface area (Å²) in [7, 11) is 0. The molecule has 0 radical (unpaired) electrons. The van der Waals surface area contributed by atoms with Gasteiger partial charge in [0.1, 0.15) is 6.54 Å². The Bertz CT molecular complexity index is 917. The maximum absolute atomic E-state index is 13.9. The van der Waals surface area contributed by atoms with Gasteiger partial charge < -0.3 is 9.22 Å². The summed E-state index contributed by atoms with van der Waals surface area (Å²) >= 11 is 1.69. The normalized spacial score (nSPS) is 29.0. The molecule has 2 bridgehead atoms. The molecule has 6 rings (SSSR count). The third-order valence-corrected chi connectivity index (χ3v) is 9.96. The number of benzene rings is 1. The molecule has 34 heavy (non-hydrogen) atoms. The van der Waals surface area contributed by atoms with Crippen molar-refractivity contribution in [1.29, 1.82) is 0 Å². The first-order valence-electron chi connectivity index (χ1n) is 13.5. The van der Waals surface area contributed by atoms with Gasteiger partial charge in [0.2, 0.25) is 0 Å². The van der Waals surface area contributed by atoms with Crippen molar-refractivity contribution in [2.75, 3.05) is 39.3 Å². The zero-order valence-corrected chi connectivity index (χ0v) is 21.6. The number of aryl methyl sites for hydroxylation is 1. The van der Waals surface area contributed by atoms with Crippen molar-refractivity contribution < 1.29 is 14.0 Å². The summed E-state index contributed by atoms with van der Waals surface area (Å²) in [6.07, 6.45) is 9.74. The van der Waals surface area contributed by atoms with E-state index in [1.54, 1.807) is 11.3 Å². The number of thiophene rings is 1. The number of quaternary nitrogens is 1. The highest BCUT2D eigenvalue weighted by Crippen LogP contribution is 2.40. The van der Waals surface area contributed by atoms with Crippen LogP contribution in [0.25, 0.3) is 0 Å². The Morgan fingerprint density at radius 2 is 1.82 bits per heavy atom. The van der Waals surface area contributed by atoms with Crippen LogP contribution in [0.2, 0.25) is 0 Å². The number of nitrogens with zero attached hydrogens (tertiary/aromatic N) is 2. The number of piperidine rings is 4. The summed E-state index contributed by atoms with van der Waals surface area (Å²) in [5.41, 5.74) is 0.790. The zero-order valence-electron chi connectivity index (χ0n) is 20.8. The molecule has 2 atom stereocenters. The number of esters is 1. The molecule has 4 fully saturated rings. The molecule has 0 amide bonds. The third-order valence-electron chi connectivity index (χ3n) is 8.88. The maximum Gasteiger partial charge on any atom is 0.332 e. The van der Waals surface area contributed by atoms with Crippen LogP contribution in [0.1, 0.15) is 62.3 Å². The van der Waals surface area contributed by atoms with E-state index in [1.165, 1.54) is 70.1 Å². The molecule has 0 N–H and O–H groups in total. The average Bonchev–Trinajstić information content (AvgIpc) is 3.44. The second-order valence-electron chi connectivity index (χ2n) is 11.0. The Kier molecular flexibility index (Phi) is 7.43. The monoisotopic (exact) mass is 481 g/mol. The van der Waals surface area contributed by atoms with Gasteiger partial charge in [-0.25, -0.2) is 4.79 Å². The van der Waals surface area contributed by atoms with Gasteiger partial charge in [-0.1, -0.05) is 42.8 Å². The zero-order chi connectivity index (χ0) is 23.4. The molecule has 0 saturated carbocycles. The summed E-state index contributed by atoms with van der Waals surface area (Å²) in [6.45, 7) is 8.85. The molecule has 4 saturated heterocycles. The predicted molar refractivity (Wildman–Crippen MR) is 139 cm³/mol. The summed E-state index contributed by atoms with van der Waals surface area (Å²) in [6, 6.07) is 15.0. The van der Waals surface area contributed by atoms with E-state index in [0.717, 1.165) is 35.4 Å². The number of fused-ring (bicyclic) bond motifs is 3. The lowest BCUT2D eigenvalue weighted by atomic mass is 9.82. The molecule has 1 aromatic carbocycles. The topological polar surface area (TPSA) is 29.5 Å². The lowest BCUT2D eigenvalue weighted by Crippen LogP contribution is -2.65. The quantitative estimate of drug-likeness (QED) is 0.264. The van der Waals surface area contributed by atoms with E-state index in [2.05, 4.69) is 59.7 Å². The fraction of sp³-hybridized carbons (Fsp3) is 0.621. The Morgan fingerprint density at radius 1 is 1.06 bits per heavy atom. The highest BCUT2D eigenvalue weighted by atomic mass is 32.1. The van der Waals surface area contributed by atoms with Crippen molar-refractivity contribution >= 4 is 17.3 Å². The van der Waals surface area contributed by atoms with Crippen LogP contribution in [0.3, 0.4) is 0 Å². The Balaban J connectivity index is 1.22. The first-order chi connectivity index (χ1) is 16.6. The van der Waals surface area contributed by atoms with Gasteiger partial charge in [0.05, 0.1) is 19.6 Å². The van der Waals surface area contributed by atoms with E-state index in [-0.39, 0.29) is 12.1 Å². The van der Waals surface area contributed by atoms with E-state index in [1.807, 2.05) is 0 Å². The first-order valence-corrected chi connectivity index (χ1v) is 14.4. The lowest BCUT2D eigenvalue weighted by Gasteiger charge is -2.52. The van der Waals surface area contributed by atoms with E-state index in [9.17, 15) is 4.79 Å². The Hall–Kier alpha value is -1.69. The first kappa shape index (κ1) is 24.0. The summed E-state index contributed by atoms with van der Waals surface area (Å²) in [5, 5.41) is 2.09. The van der Waals surface area contributed by atoms with Crippen LogP contribution in [0.4, 0.5) is 0 Å². The molecule has 4 nitrogen and oxygen atoms in total. The van der Waals surface area contributed by atoms with Gasteiger partial charge in [0.25, 0.3) is 0 Å². The molecular weight excluding hydrogens is 440 g/mol. The number of carbonyl (C=O) groups is 1. The molecule has 0 spiro atoms. The molecule has 184 valence electrons. The van der Waals surface area contributed by atoms with Gasteiger partial charge in [-0.15, -0.1) is 11.3 Å². The van der Waals surface area contributed by atoms with Crippen LogP contribution in [0.5, 0.6) is 0 Å². The molecule has 1 aromatic heterocycles. The number of unbranched alkanes of at least 4 members (excludes halogenated alkanes) is 1. The summed E-state index contributed by atoms with van der Waals surface area (Å²) < 4.78 is 7.63. The number of carbonyl (C=O) groups excluding carboxylic acids is 1. The van der Waals surface area contributed by atoms with Gasteiger partial charge in [-0.05, 0) is 69.1 Å². The average molecular weight is 482 g/mol. The molecule has 4 aliphatic heterocycles. The van der Waals surface area contributed by atoms with Crippen molar-refractivity contribution in [3.05, 3.63) is 58.3 Å². The maximum atomic E-state index is 13.9. The number of hydrogen-bond acceptors (Lipinski definition) is 4. The van der Waals surface area contributed by atoms with Crippen molar-refractivity contribution in [2.24, 2.45) is 5.92 Å². The van der Waals surface area contributed by atoms with Crippen molar-refractivity contribution in [2.45, 2.75) is 69.9 Å². The molecule has 2 aromatic rings. The Labute approximate surface area is 209 Å². The predicted octanol–water partition coefficient (Wildman–Crippen LogP) is 5.62. The molecule has 0 aliphatic carbocycles. The van der Waals surface area contributed by atoms with Crippen LogP contribution in [0, 0.1) is 5.92 Å². The van der Waals surface area contributed by atoms with Gasteiger partial charge in [-0.2, -0.15) is 0 Å². The van der Waals surface area contributed by atoms with Gasteiger partial charge >= 0.3 is 5.97 Å². The van der Waals surface area contributed by atoms with E-state index < -0.39 is 5.54 Å². The van der Waals surface area contributed by atoms with E-state index >= 15 is 0 Å². The van der Waals surface area contributed by atoms with Crippen molar-refractivity contribution in [3.63, 3.8) is 0 Å². The fourth-order valence-electron chi connectivity index (χ4n) is 6.62. The Morgan fingerprint density at radius 3 is 2.53 bits per heavy atom. The minimum Gasteiger partial charge on any atom is -0.454 e. The number of rotatable bonds is 9. The number of likely N-dealkylation sites (tertiary alicyclic amines) is 1. The molecule has 5 heteroatoms. The molecule has 4 aliphatic rings. The molecule has 0 unspecified atom stereocenters. The third kappa shape index (κ3) is 4.98. The smallest absolute Gasteiger partial charge is 0.332 e. The van der Waals surface area contributed by atoms with Gasteiger partial charge in [0, 0.05) is 23.6 Å². The largest absolute Gasteiger partial charge is 0.454 e. The van der Waals surface area contributed by atoms with E-state index in [0.29, 0.717) is 5.92 Å². The van der Waals surface area contributed by atoms with E-state index in [4.69, 9.17) is 4.74 Å². The van der Waals surface area contributed by atoms with Gasteiger partial charge in [0.15, 0.2) is 11.6 Å². The SMILES string of the molecule is C[C@@](C(=O)O[C@H]1C[N+]2(CCCCc3ccccc3)CCC1CC2)(c1cccs1)N1CCCCC1. The fourth-order valence-corrected chi connectivity index (χ4v) is 7.53. The minimum atomic E-state index is -0.652. The van der Waals surface area contributed by atoms with Crippen LogP contribution in [-0.2, 0) is 21.5 Å². The highest BCUT2D eigenvalue weighted by molar-refractivity contribution is 7.10. The number of hydrogen-bond donors (Lipinski definition) is 0. The second-order valence-corrected chi connectivity index (χ2v) is 12.0. The molecule has 5 heterocycles. The van der Waals surface area contributed by atoms with Crippen LogP contribution in [-0.4, -0.2) is 60.7 Å². The molecular formula is C29H41N2O2S+. The van der Waals surface area contributed by atoms with Crippen LogP contribution >= 0.6 is 11.3 Å².